The molecule has 0 saturated carbocycles. The molecule has 0 saturated heterocycles. The second kappa shape index (κ2) is 24.9. The fourth-order valence-corrected chi connectivity index (χ4v) is 17.5. The maximum absolute atomic E-state index is 16.1. The third-order valence-electron chi connectivity index (χ3n) is 22.5. The molecule has 0 aliphatic carbocycles. The number of hydrogen-bond acceptors (Lipinski definition) is 12. The van der Waals surface area contributed by atoms with Gasteiger partial charge in [-0.2, -0.15) is 0 Å². The summed E-state index contributed by atoms with van der Waals surface area (Å²) in [5.74, 6) is 0.332. The van der Waals surface area contributed by atoms with E-state index in [9.17, 15) is 19.2 Å². The number of aldehydes is 4. The van der Waals surface area contributed by atoms with Gasteiger partial charge < -0.3 is 18.9 Å². The van der Waals surface area contributed by atoms with Gasteiger partial charge in [0.05, 0.1) is 33.6 Å². The predicted molar refractivity (Wildman–Crippen MR) is 434 cm³/mol. The summed E-state index contributed by atoms with van der Waals surface area (Å²) in [6, 6.07) is 62.6. The molecular formula is C96H66N2O12. The molecule has 2 aliphatic rings. The minimum atomic E-state index is -0.527. The number of rotatable bonds is 18. The SMILES string of the molecule is CC(C)c1cccc(C(C)C)c1N1C(=O)c2cc(Oc3ccc(C=O)cc3)c3c4ccc5c6ccc7c8c(Oc9ccc(C=O)cc9)cc9c%10c(cc(Oc%11ccc(C=O)cc%11)c(c%11ccc(c%12ccc(c%13c(Oc%14ccc(C=O)cc%14)cc(c2c3%13)C1=O)c4c5%12)c6c7%11)c%108)C(=O)N(c1c(C(C)C)cccc1C(C)C)C9=O. The molecule has 0 unspecified atom stereocenters. The Hall–Kier alpha value is -13.7. The van der Waals surface area contributed by atoms with Gasteiger partial charge in [-0.25, -0.2) is 9.80 Å². The highest BCUT2D eigenvalue weighted by Gasteiger charge is 2.43. The molecule has 17 aromatic rings. The number of benzene rings is 17. The molecule has 0 fully saturated rings. The summed E-state index contributed by atoms with van der Waals surface area (Å²) >= 11 is 0. The molecule has 4 amide bonds. The smallest absolute Gasteiger partial charge is 0.266 e. The third-order valence-corrected chi connectivity index (χ3v) is 22.5. The van der Waals surface area contributed by atoms with Gasteiger partial charge in [0.1, 0.15) is 71.1 Å². The Morgan fingerprint density at radius 3 is 0.664 bits per heavy atom. The second-order valence-electron chi connectivity index (χ2n) is 30.1. The molecule has 2 aliphatic heterocycles. The van der Waals surface area contributed by atoms with Crippen LogP contribution in [0.15, 0.2) is 206 Å². The number of para-hydroxylation sites is 2. The van der Waals surface area contributed by atoms with E-state index in [1.165, 1.54) is 9.80 Å². The number of anilines is 2. The summed E-state index contributed by atoms with van der Waals surface area (Å²) < 4.78 is 28.6. The number of amides is 4. The van der Waals surface area contributed by atoms with Crippen LogP contribution in [-0.2, 0) is 0 Å². The Morgan fingerprint density at radius 1 is 0.245 bits per heavy atom. The van der Waals surface area contributed by atoms with Crippen LogP contribution in [0.2, 0.25) is 0 Å². The summed E-state index contributed by atoms with van der Waals surface area (Å²) in [5, 5.41) is 14.3. The zero-order valence-electron chi connectivity index (χ0n) is 61.0. The van der Waals surface area contributed by atoms with Crippen LogP contribution in [-0.4, -0.2) is 48.8 Å². The van der Waals surface area contributed by atoms with Crippen molar-refractivity contribution >= 4 is 168 Å². The van der Waals surface area contributed by atoms with Crippen molar-refractivity contribution < 1.29 is 57.3 Å². The van der Waals surface area contributed by atoms with Gasteiger partial charge in [0, 0.05) is 65.3 Å². The summed E-state index contributed by atoms with van der Waals surface area (Å²) in [5.41, 5.74) is 7.04. The van der Waals surface area contributed by atoms with Crippen molar-refractivity contribution in [1.82, 2.24) is 0 Å². The van der Waals surface area contributed by atoms with Crippen LogP contribution in [0.4, 0.5) is 11.4 Å². The number of nitrogens with zero attached hydrogens (tertiary/aromatic N) is 2. The first kappa shape index (κ1) is 66.9. The van der Waals surface area contributed by atoms with Crippen LogP contribution in [0.1, 0.15) is 184 Å². The van der Waals surface area contributed by atoms with Crippen molar-refractivity contribution in [3.05, 3.63) is 273 Å². The zero-order valence-corrected chi connectivity index (χ0v) is 61.0. The Bertz CT molecular complexity index is 6130. The lowest BCUT2D eigenvalue weighted by atomic mass is 9.79. The minimum Gasteiger partial charge on any atom is -0.457 e. The van der Waals surface area contributed by atoms with Crippen LogP contribution < -0.4 is 28.7 Å². The van der Waals surface area contributed by atoms with Gasteiger partial charge in [-0.1, -0.05) is 140 Å². The van der Waals surface area contributed by atoms with Gasteiger partial charge >= 0.3 is 0 Å². The normalized spacial score (nSPS) is 13.2. The third kappa shape index (κ3) is 9.74. The van der Waals surface area contributed by atoms with Crippen molar-refractivity contribution in [3.63, 3.8) is 0 Å². The van der Waals surface area contributed by atoms with Gasteiger partial charge in [0.25, 0.3) is 23.6 Å². The predicted octanol–water partition coefficient (Wildman–Crippen LogP) is 24.0. The molecule has 0 radical (unpaired) electrons. The van der Waals surface area contributed by atoms with E-state index in [2.05, 4.69) is 48.5 Å². The molecule has 110 heavy (non-hydrogen) atoms. The van der Waals surface area contributed by atoms with Crippen molar-refractivity contribution in [2.45, 2.75) is 79.1 Å². The fraction of sp³-hybridized carbons (Fsp3) is 0.125. The van der Waals surface area contributed by atoms with E-state index in [-0.39, 0.29) is 45.9 Å². The van der Waals surface area contributed by atoms with Crippen molar-refractivity contribution in [1.29, 1.82) is 0 Å². The van der Waals surface area contributed by atoms with Gasteiger partial charge in [-0.05, 0) is 232 Å². The van der Waals surface area contributed by atoms with Crippen molar-refractivity contribution in [2.24, 2.45) is 0 Å². The molecular weight excluding hydrogens is 1370 g/mol. The molecule has 0 atom stereocenters. The van der Waals surface area contributed by atoms with E-state index in [1.807, 2.05) is 91.8 Å². The lowest BCUT2D eigenvalue weighted by Crippen LogP contribution is -2.42. The van der Waals surface area contributed by atoms with Crippen LogP contribution in [0.3, 0.4) is 0 Å². The van der Waals surface area contributed by atoms with Crippen molar-refractivity contribution in [2.75, 3.05) is 9.80 Å². The van der Waals surface area contributed by atoms with Gasteiger partial charge in [0.15, 0.2) is 0 Å². The first-order chi connectivity index (χ1) is 53.4. The van der Waals surface area contributed by atoms with E-state index in [0.717, 1.165) is 112 Å². The molecule has 2 heterocycles. The Labute approximate surface area is 629 Å². The van der Waals surface area contributed by atoms with Crippen LogP contribution >= 0.6 is 0 Å². The molecule has 0 bridgehead atoms. The maximum Gasteiger partial charge on any atom is 0.266 e. The number of carbonyl (C=O) groups excluding carboxylic acids is 8. The first-order valence-corrected chi connectivity index (χ1v) is 36.9. The summed E-state index contributed by atoms with van der Waals surface area (Å²) in [7, 11) is 0. The molecule has 14 nitrogen and oxygen atoms in total. The van der Waals surface area contributed by atoms with Crippen LogP contribution in [0.5, 0.6) is 46.0 Å². The maximum atomic E-state index is 16.1. The van der Waals surface area contributed by atoms with E-state index < -0.39 is 23.6 Å². The van der Waals surface area contributed by atoms with Crippen molar-refractivity contribution in [3.8, 4) is 46.0 Å². The Kier molecular flexibility index (Phi) is 15.2. The summed E-state index contributed by atoms with van der Waals surface area (Å²) in [6.45, 7) is 16.4. The zero-order chi connectivity index (χ0) is 75.7. The average Bonchev–Trinajstić information content (AvgIpc) is 0.672. The summed E-state index contributed by atoms with van der Waals surface area (Å²) in [4.78, 5) is 116. The van der Waals surface area contributed by atoms with Crippen LogP contribution in [0.25, 0.3) is 108 Å². The Balaban J connectivity index is 0.932. The lowest BCUT2D eigenvalue weighted by Gasteiger charge is -2.33. The van der Waals surface area contributed by atoms with Gasteiger partial charge in [0.2, 0.25) is 0 Å². The molecule has 19 rings (SSSR count). The Morgan fingerprint density at radius 2 is 0.455 bits per heavy atom. The number of hydrogen-bond donors (Lipinski definition) is 0. The molecule has 0 spiro atoms. The lowest BCUT2D eigenvalue weighted by molar-refractivity contribution is 0.0877. The molecule has 17 aromatic carbocycles. The highest BCUT2D eigenvalue weighted by atomic mass is 16.5. The van der Waals surface area contributed by atoms with Gasteiger partial charge in [-0.3, -0.25) is 38.4 Å². The molecule has 0 N–H and O–H groups in total. The summed E-state index contributed by atoms with van der Waals surface area (Å²) in [6.07, 6.45) is 3.05. The second-order valence-corrected chi connectivity index (χ2v) is 30.1. The van der Waals surface area contributed by atoms with E-state index >= 15 is 19.2 Å². The fourth-order valence-electron chi connectivity index (χ4n) is 17.5. The number of imide groups is 2. The molecule has 0 aromatic heterocycles. The van der Waals surface area contributed by atoms with E-state index in [0.29, 0.717) is 123 Å². The highest BCUT2D eigenvalue weighted by Crippen LogP contribution is 2.59. The van der Waals surface area contributed by atoms with E-state index in [1.54, 1.807) is 121 Å². The molecule has 14 heteroatoms. The van der Waals surface area contributed by atoms with E-state index in [4.69, 9.17) is 18.9 Å². The minimum absolute atomic E-state index is 0.0833. The number of ether oxygens (including phenoxy) is 4. The standard InChI is InChI=1S/C96H66N2O12/c1-47(2)59-11-9-12-60(48(3)4)91(59)97-93(103)71-39-75(107-55-23-15-51(43-99)16-24-55)85-67-35-31-63-65-33-37-69-82-70(38-34-66(80(65)82)64-32-36-68(81(67)79(63)64)86-76(40-72(94(97)104)83(71)89(85)86)108-56-25-17-52(44-100)18-26-56)88-78(110-58-29-21-54(46-102)22-30-58)42-74-84-73(41-77(87(69)90(84)88)109-57-27-19-53(45-101)20-28-57)95(105)98(96(74)106)92-61(49(5)6)13-10-14-62(92)50(7)8/h9-50H,1-8H3. The monoisotopic (exact) mass is 1440 g/mol. The number of carbonyl (C=O) groups is 8. The number of fused-ring (bicyclic) bond motifs is 6. The van der Waals surface area contributed by atoms with Gasteiger partial charge in [-0.15, -0.1) is 0 Å². The first-order valence-electron chi connectivity index (χ1n) is 36.9. The largest absolute Gasteiger partial charge is 0.457 e. The molecule has 532 valence electrons. The quantitative estimate of drug-likeness (QED) is 0.0344. The average molecular weight is 1440 g/mol. The highest BCUT2D eigenvalue weighted by molar-refractivity contribution is 6.50. The topological polar surface area (TPSA) is 180 Å². The van der Waals surface area contributed by atoms with Crippen LogP contribution in [0, 0.1) is 0 Å².